The molecule has 0 aromatic rings. The quantitative estimate of drug-likeness (QED) is 0.278. The summed E-state index contributed by atoms with van der Waals surface area (Å²) >= 11 is 0. The van der Waals surface area contributed by atoms with Crippen molar-refractivity contribution in [3.05, 3.63) is 44.4 Å². The van der Waals surface area contributed by atoms with Gasteiger partial charge in [-0.05, 0) is 6.42 Å². The molecule has 146 valence electrons. The largest absolute Gasteiger partial charge is 2.00 e. The SMILES string of the molecule is C=CCN(CC=C)C(=O)C/C=C\CC.CC.CC.C[C-]=O.[CH2-]CC.[U+2]. The molecule has 0 aliphatic rings. The molecular formula is C21H41NO2U. The van der Waals surface area contributed by atoms with E-state index < -0.39 is 0 Å². The first kappa shape index (κ1) is 39.5. The van der Waals surface area contributed by atoms with Gasteiger partial charge in [0.15, 0.2) is 0 Å². The Labute approximate surface area is 182 Å². The third kappa shape index (κ3) is 51.7. The maximum atomic E-state index is 11.6. The molecule has 0 atom stereocenters. The van der Waals surface area contributed by atoms with Gasteiger partial charge in [0, 0.05) is 19.5 Å². The summed E-state index contributed by atoms with van der Waals surface area (Å²) in [7, 11) is 0. The molecule has 0 unspecified atom stereocenters. The van der Waals surface area contributed by atoms with E-state index in [9.17, 15) is 4.79 Å². The van der Waals surface area contributed by atoms with Crippen LogP contribution in [0.15, 0.2) is 37.5 Å². The maximum absolute atomic E-state index is 11.6. The van der Waals surface area contributed by atoms with Crippen molar-refractivity contribution in [2.75, 3.05) is 13.1 Å². The summed E-state index contributed by atoms with van der Waals surface area (Å²) in [5, 5.41) is 0. The average molecular weight is 578 g/mol. The predicted octanol–water partition coefficient (Wildman–Crippen LogP) is 5.94. The van der Waals surface area contributed by atoms with Gasteiger partial charge >= 0.3 is 31.1 Å². The second-order valence-electron chi connectivity index (χ2n) is 3.66. The fraction of sp³-hybridized carbons (Fsp3) is 0.571. The van der Waals surface area contributed by atoms with Crippen LogP contribution < -0.4 is 0 Å². The van der Waals surface area contributed by atoms with Crippen molar-refractivity contribution >= 4 is 12.2 Å². The van der Waals surface area contributed by atoms with Gasteiger partial charge in [0.2, 0.25) is 5.91 Å². The zero-order chi connectivity index (χ0) is 20.2. The van der Waals surface area contributed by atoms with Crippen LogP contribution in [0.4, 0.5) is 0 Å². The summed E-state index contributed by atoms with van der Waals surface area (Å²) in [6, 6.07) is 0. The number of hydrogen-bond acceptors (Lipinski definition) is 2. The number of hydrogen-bond donors (Lipinski definition) is 0. The van der Waals surface area contributed by atoms with Crippen LogP contribution in [0.2, 0.25) is 0 Å². The molecule has 0 spiro atoms. The number of amides is 1. The van der Waals surface area contributed by atoms with Gasteiger partial charge in [0.05, 0.1) is 0 Å². The van der Waals surface area contributed by atoms with E-state index >= 15 is 0 Å². The zero-order valence-corrected chi connectivity index (χ0v) is 21.9. The van der Waals surface area contributed by atoms with E-state index in [1.807, 2.05) is 53.7 Å². The van der Waals surface area contributed by atoms with Gasteiger partial charge in [0.25, 0.3) is 0 Å². The average Bonchev–Trinajstić information content (AvgIpc) is 2.60. The molecule has 0 radical (unpaired) electrons. The number of nitrogens with zero attached hydrogens (tertiary/aromatic N) is 1. The Kier molecular flexibility index (Phi) is 78.2. The van der Waals surface area contributed by atoms with Crippen LogP contribution in [0, 0.1) is 38.0 Å². The molecule has 3 nitrogen and oxygen atoms in total. The van der Waals surface area contributed by atoms with E-state index in [0.29, 0.717) is 19.5 Å². The standard InChI is InChI=1S/C12H19NO.C3H7.C2H3O.2C2H6.U/c1-4-7-8-9-12(14)13(10-5-2)11-6-3;1-3-2;1-2-3;2*1-2;/h5-8H,2-4,9-11H2,1H3;1,3H2,2H3;1H3;2*1-2H3;/q;2*-1;;;+2/b8-7-;;;;;. The van der Waals surface area contributed by atoms with Crippen molar-refractivity contribution in [2.24, 2.45) is 0 Å². The van der Waals surface area contributed by atoms with E-state index in [2.05, 4.69) is 20.1 Å². The Balaban J connectivity index is -0.0000000689. The molecule has 0 aliphatic carbocycles. The van der Waals surface area contributed by atoms with Gasteiger partial charge in [-0.25, -0.2) is 0 Å². The summed E-state index contributed by atoms with van der Waals surface area (Å²) in [5.74, 6) is 0.120. The normalized spacial score (nSPS) is 7.36. The Morgan fingerprint density at radius 1 is 1.04 bits per heavy atom. The Hall–Kier alpha value is -0.588. The van der Waals surface area contributed by atoms with Gasteiger partial charge in [-0.15, -0.1) is 13.2 Å². The fourth-order valence-electron chi connectivity index (χ4n) is 1.07. The number of allylic oxidation sites excluding steroid dienone is 1. The van der Waals surface area contributed by atoms with Crippen molar-refractivity contribution in [3.63, 3.8) is 0 Å². The fourth-order valence-corrected chi connectivity index (χ4v) is 1.07. The molecule has 0 bridgehead atoms. The van der Waals surface area contributed by atoms with Gasteiger partial charge in [0.1, 0.15) is 0 Å². The second kappa shape index (κ2) is 49.5. The van der Waals surface area contributed by atoms with Crippen LogP contribution >= 0.6 is 0 Å². The monoisotopic (exact) mass is 577 g/mol. The molecule has 0 saturated heterocycles. The first-order valence-corrected chi connectivity index (χ1v) is 8.81. The molecule has 0 N–H and O–H groups in total. The maximum Gasteiger partial charge on any atom is 2.00 e. The molecular weight excluding hydrogens is 536 g/mol. The summed E-state index contributed by atoms with van der Waals surface area (Å²) < 4.78 is 0. The van der Waals surface area contributed by atoms with Crippen LogP contribution in [0.3, 0.4) is 0 Å². The van der Waals surface area contributed by atoms with Crippen molar-refractivity contribution in [1.82, 2.24) is 4.90 Å². The van der Waals surface area contributed by atoms with Crippen molar-refractivity contribution in [1.29, 1.82) is 0 Å². The van der Waals surface area contributed by atoms with E-state index in [4.69, 9.17) is 4.79 Å². The Bertz CT molecular complexity index is 267. The molecule has 0 heterocycles. The molecule has 0 saturated carbocycles. The third-order valence-corrected chi connectivity index (χ3v) is 1.75. The van der Waals surface area contributed by atoms with E-state index in [1.165, 1.54) is 13.2 Å². The smallest absolute Gasteiger partial charge is 0.542 e. The number of rotatable bonds is 7. The Morgan fingerprint density at radius 3 is 1.60 bits per heavy atom. The van der Waals surface area contributed by atoms with Gasteiger partial charge < -0.3 is 16.6 Å². The molecule has 0 aromatic carbocycles. The summed E-state index contributed by atoms with van der Waals surface area (Å²) in [4.78, 5) is 22.0. The van der Waals surface area contributed by atoms with E-state index in [-0.39, 0.29) is 37.0 Å². The van der Waals surface area contributed by atoms with Gasteiger partial charge in [-0.2, -0.15) is 13.3 Å². The first-order valence-electron chi connectivity index (χ1n) is 8.81. The number of carbonyl (C=O) groups is 1. The van der Waals surface area contributed by atoms with Gasteiger partial charge in [-0.3, -0.25) is 11.1 Å². The second-order valence-corrected chi connectivity index (χ2v) is 3.66. The third-order valence-electron chi connectivity index (χ3n) is 1.75. The molecule has 1 amide bonds. The summed E-state index contributed by atoms with van der Waals surface area (Å²) in [5.41, 5.74) is 0. The van der Waals surface area contributed by atoms with E-state index in [1.54, 1.807) is 17.1 Å². The minimum atomic E-state index is 0. The van der Waals surface area contributed by atoms with Crippen molar-refractivity contribution < 1.29 is 40.7 Å². The van der Waals surface area contributed by atoms with Crippen LogP contribution in [0.25, 0.3) is 0 Å². The molecule has 4 heteroatoms. The van der Waals surface area contributed by atoms with Crippen molar-refractivity contribution in [3.8, 4) is 0 Å². The zero-order valence-electron chi connectivity index (χ0n) is 17.7. The number of carbonyl (C=O) groups excluding carboxylic acids is 2. The van der Waals surface area contributed by atoms with Crippen LogP contribution in [0.1, 0.15) is 67.7 Å². The molecule has 25 heavy (non-hydrogen) atoms. The molecule has 0 aliphatic heterocycles. The van der Waals surface area contributed by atoms with Gasteiger partial charge in [-0.1, -0.05) is 65.8 Å². The minimum Gasteiger partial charge on any atom is -0.542 e. The summed E-state index contributed by atoms with van der Waals surface area (Å²) in [6.07, 6.45) is 11.3. The van der Waals surface area contributed by atoms with Crippen LogP contribution in [-0.4, -0.2) is 30.2 Å². The molecule has 0 rings (SSSR count). The molecule has 0 aromatic heterocycles. The first-order chi connectivity index (χ1) is 11.6. The van der Waals surface area contributed by atoms with Crippen molar-refractivity contribution in [2.45, 2.75) is 67.7 Å². The molecule has 0 fully saturated rings. The topological polar surface area (TPSA) is 37.4 Å². The predicted molar refractivity (Wildman–Crippen MR) is 111 cm³/mol. The Morgan fingerprint density at radius 2 is 1.36 bits per heavy atom. The summed E-state index contributed by atoms with van der Waals surface area (Å²) in [6.45, 7) is 25.3. The van der Waals surface area contributed by atoms with Crippen LogP contribution in [-0.2, 0) is 9.59 Å². The van der Waals surface area contributed by atoms with Crippen LogP contribution in [0.5, 0.6) is 0 Å². The van der Waals surface area contributed by atoms with E-state index in [0.717, 1.165) is 12.8 Å². The minimum absolute atomic E-state index is 0.